The quantitative estimate of drug-likeness (QED) is 0.768. The molecule has 0 bridgehead atoms. The molecule has 2 fully saturated rings. The zero-order valence-electron chi connectivity index (χ0n) is 12.5. The maximum atomic E-state index is 12.8. The third-order valence-corrected chi connectivity index (χ3v) is 4.96. The maximum absolute atomic E-state index is 12.8. The molecule has 0 spiro atoms. The van der Waals surface area contributed by atoms with Crippen LogP contribution in [-0.2, 0) is 4.79 Å². The summed E-state index contributed by atoms with van der Waals surface area (Å²) in [4.78, 5) is 12.8. The highest BCUT2D eigenvalue weighted by atomic mass is 16.2. The van der Waals surface area contributed by atoms with Gasteiger partial charge in [-0.15, -0.1) is 0 Å². The lowest BCUT2D eigenvalue weighted by Crippen LogP contribution is -2.50. The third kappa shape index (κ3) is 3.95. The lowest BCUT2D eigenvalue weighted by Gasteiger charge is -2.37. The highest BCUT2D eigenvalue weighted by Crippen LogP contribution is 2.34. The minimum Gasteiger partial charge on any atom is -0.353 e. The molecule has 110 valence electrons. The Morgan fingerprint density at radius 2 is 1.79 bits per heavy atom. The van der Waals surface area contributed by atoms with Crippen molar-refractivity contribution in [3.63, 3.8) is 0 Å². The number of carbonyl (C=O) groups is 1. The number of nitrogens with one attached hydrogen (secondary N) is 2. The molecular formula is C16H30N2O. The molecule has 3 heteroatoms. The van der Waals surface area contributed by atoms with Crippen LogP contribution in [0.3, 0.4) is 0 Å². The van der Waals surface area contributed by atoms with E-state index in [9.17, 15) is 4.79 Å². The molecule has 0 aromatic carbocycles. The SMILES string of the molecule is CCCC1(C(=O)NC2CCCCCC2)CCNCC1. The van der Waals surface area contributed by atoms with E-state index in [0.717, 1.165) is 38.8 Å². The van der Waals surface area contributed by atoms with Crippen molar-refractivity contribution in [2.24, 2.45) is 5.41 Å². The summed E-state index contributed by atoms with van der Waals surface area (Å²) < 4.78 is 0. The van der Waals surface area contributed by atoms with Crippen molar-refractivity contribution in [1.82, 2.24) is 10.6 Å². The van der Waals surface area contributed by atoms with Gasteiger partial charge in [-0.05, 0) is 45.2 Å². The van der Waals surface area contributed by atoms with Gasteiger partial charge in [0.1, 0.15) is 0 Å². The molecule has 1 aliphatic heterocycles. The number of rotatable bonds is 4. The second-order valence-electron chi connectivity index (χ2n) is 6.44. The van der Waals surface area contributed by atoms with Gasteiger partial charge in [0.2, 0.25) is 5.91 Å². The number of amides is 1. The molecule has 2 aliphatic rings. The number of carbonyl (C=O) groups excluding carboxylic acids is 1. The van der Waals surface area contributed by atoms with Gasteiger partial charge in [-0.2, -0.15) is 0 Å². The standard InChI is InChI=1S/C16H30N2O/c1-2-9-16(10-12-17-13-11-16)15(19)18-14-7-5-3-4-6-8-14/h14,17H,2-13H2,1H3,(H,18,19). The number of hydrogen-bond acceptors (Lipinski definition) is 2. The Bertz CT molecular complexity index is 271. The zero-order chi connectivity index (χ0) is 13.6. The molecule has 2 N–H and O–H groups in total. The average molecular weight is 266 g/mol. The number of piperidine rings is 1. The molecule has 1 aliphatic carbocycles. The minimum absolute atomic E-state index is 0.0771. The molecular weight excluding hydrogens is 236 g/mol. The summed E-state index contributed by atoms with van der Waals surface area (Å²) in [5.41, 5.74) is -0.0771. The Hall–Kier alpha value is -0.570. The van der Waals surface area contributed by atoms with Crippen molar-refractivity contribution >= 4 is 5.91 Å². The van der Waals surface area contributed by atoms with Crippen LogP contribution in [0, 0.1) is 5.41 Å². The van der Waals surface area contributed by atoms with E-state index < -0.39 is 0 Å². The van der Waals surface area contributed by atoms with Crippen LogP contribution in [-0.4, -0.2) is 25.0 Å². The number of hydrogen-bond donors (Lipinski definition) is 2. The van der Waals surface area contributed by atoms with Crippen LogP contribution in [0.4, 0.5) is 0 Å². The molecule has 1 saturated heterocycles. The molecule has 0 aromatic rings. The lowest BCUT2D eigenvalue weighted by molar-refractivity contribution is -0.134. The topological polar surface area (TPSA) is 41.1 Å². The van der Waals surface area contributed by atoms with E-state index in [-0.39, 0.29) is 5.41 Å². The van der Waals surface area contributed by atoms with Crippen LogP contribution >= 0.6 is 0 Å². The van der Waals surface area contributed by atoms with Crippen LogP contribution in [0.25, 0.3) is 0 Å². The highest BCUT2D eigenvalue weighted by molar-refractivity contribution is 5.83. The van der Waals surface area contributed by atoms with Crippen LogP contribution in [0.15, 0.2) is 0 Å². The maximum Gasteiger partial charge on any atom is 0.226 e. The molecule has 0 aromatic heterocycles. The molecule has 0 radical (unpaired) electrons. The molecule has 1 saturated carbocycles. The fourth-order valence-corrected chi connectivity index (χ4v) is 3.74. The normalized spacial score (nSPS) is 24.7. The van der Waals surface area contributed by atoms with E-state index >= 15 is 0 Å². The van der Waals surface area contributed by atoms with Gasteiger partial charge in [0, 0.05) is 6.04 Å². The predicted octanol–water partition coefficient (Wildman–Crippen LogP) is 3.00. The zero-order valence-corrected chi connectivity index (χ0v) is 12.5. The van der Waals surface area contributed by atoms with Crippen LogP contribution < -0.4 is 10.6 Å². The Labute approximate surface area is 117 Å². The van der Waals surface area contributed by atoms with Crippen LogP contribution in [0.1, 0.15) is 71.1 Å². The van der Waals surface area contributed by atoms with Gasteiger partial charge in [0.15, 0.2) is 0 Å². The van der Waals surface area contributed by atoms with Crippen LogP contribution in [0.5, 0.6) is 0 Å². The molecule has 0 unspecified atom stereocenters. The van der Waals surface area contributed by atoms with Crippen LogP contribution in [0.2, 0.25) is 0 Å². The van der Waals surface area contributed by atoms with E-state index in [1.807, 2.05) is 0 Å². The second kappa shape index (κ2) is 7.28. The smallest absolute Gasteiger partial charge is 0.226 e. The van der Waals surface area contributed by atoms with Gasteiger partial charge in [0.05, 0.1) is 5.41 Å². The summed E-state index contributed by atoms with van der Waals surface area (Å²) in [6, 6.07) is 0.443. The van der Waals surface area contributed by atoms with Crippen molar-refractivity contribution < 1.29 is 4.79 Å². The van der Waals surface area contributed by atoms with E-state index in [1.54, 1.807) is 0 Å². The van der Waals surface area contributed by atoms with E-state index in [0.29, 0.717) is 11.9 Å². The summed E-state index contributed by atoms with van der Waals surface area (Å²) in [7, 11) is 0. The van der Waals surface area contributed by atoms with Gasteiger partial charge >= 0.3 is 0 Å². The fraction of sp³-hybridized carbons (Fsp3) is 0.938. The highest BCUT2D eigenvalue weighted by Gasteiger charge is 2.39. The first kappa shape index (κ1) is 14.8. The molecule has 1 amide bonds. The Balaban J connectivity index is 1.94. The first-order chi connectivity index (χ1) is 9.27. The summed E-state index contributed by atoms with van der Waals surface area (Å²) in [6.45, 7) is 4.19. The Kier molecular flexibility index (Phi) is 5.68. The molecule has 3 nitrogen and oxygen atoms in total. The molecule has 2 rings (SSSR count). The van der Waals surface area contributed by atoms with Gasteiger partial charge in [-0.25, -0.2) is 0 Å². The van der Waals surface area contributed by atoms with Crippen molar-refractivity contribution in [2.45, 2.75) is 77.2 Å². The van der Waals surface area contributed by atoms with E-state index in [2.05, 4.69) is 17.6 Å². The summed E-state index contributed by atoms with van der Waals surface area (Å²) in [5.74, 6) is 0.350. The first-order valence-corrected chi connectivity index (χ1v) is 8.28. The first-order valence-electron chi connectivity index (χ1n) is 8.28. The summed E-state index contributed by atoms with van der Waals surface area (Å²) >= 11 is 0. The molecule has 0 atom stereocenters. The predicted molar refractivity (Wildman–Crippen MR) is 79.1 cm³/mol. The van der Waals surface area contributed by atoms with E-state index in [4.69, 9.17) is 0 Å². The Morgan fingerprint density at radius 3 is 2.37 bits per heavy atom. The third-order valence-electron chi connectivity index (χ3n) is 4.96. The average Bonchev–Trinajstić information content (AvgIpc) is 2.69. The van der Waals surface area contributed by atoms with Crippen molar-refractivity contribution in [3.05, 3.63) is 0 Å². The summed E-state index contributed by atoms with van der Waals surface area (Å²) in [6.07, 6.45) is 11.8. The lowest BCUT2D eigenvalue weighted by atomic mass is 9.74. The van der Waals surface area contributed by atoms with Crippen molar-refractivity contribution in [1.29, 1.82) is 0 Å². The second-order valence-corrected chi connectivity index (χ2v) is 6.44. The largest absolute Gasteiger partial charge is 0.353 e. The van der Waals surface area contributed by atoms with Gasteiger partial charge in [-0.3, -0.25) is 4.79 Å². The van der Waals surface area contributed by atoms with Crippen molar-refractivity contribution in [2.75, 3.05) is 13.1 Å². The van der Waals surface area contributed by atoms with Crippen molar-refractivity contribution in [3.8, 4) is 0 Å². The minimum atomic E-state index is -0.0771. The van der Waals surface area contributed by atoms with Gasteiger partial charge in [0.25, 0.3) is 0 Å². The van der Waals surface area contributed by atoms with Gasteiger partial charge in [-0.1, -0.05) is 39.0 Å². The monoisotopic (exact) mass is 266 g/mol. The molecule has 19 heavy (non-hydrogen) atoms. The summed E-state index contributed by atoms with van der Waals surface area (Å²) in [5, 5.41) is 6.77. The molecule has 1 heterocycles. The van der Waals surface area contributed by atoms with E-state index in [1.165, 1.54) is 38.5 Å². The Morgan fingerprint density at radius 1 is 1.16 bits per heavy atom. The van der Waals surface area contributed by atoms with Gasteiger partial charge < -0.3 is 10.6 Å². The fourth-order valence-electron chi connectivity index (χ4n) is 3.74.